The molecule has 2 fully saturated rings. The van der Waals surface area contributed by atoms with Crippen LogP contribution >= 0.6 is 11.3 Å². The summed E-state index contributed by atoms with van der Waals surface area (Å²) in [6, 6.07) is 5.51. The predicted molar refractivity (Wildman–Crippen MR) is 97.7 cm³/mol. The Morgan fingerprint density at radius 2 is 2.00 bits per heavy atom. The summed E-state index contributed by atoms with van der Waals surface area (Å²) < 4.78 is 15.3. The monoisotopic (exact) mass is 355 g/mol. The van der Waals surface area contributed by atoms with Crippen molar-refractivity contribution in [2.24, 2.45) is 5.92 Å². The standard InChI is InChI=1S/C18H18FN5S/c19-13-2-1-6-20-17(13)23-7-3-12-4-8-24(15(12)10-23)18-16-14(5-9-25-16)21-11-22-18/h1-2,5-6,9,11-12,15H,3-4,7-8,10H2. The normalized spacial score (nSPS) is 23.2. The molecular weight excluding hydrogens is 337 g/mol. The Morgan fingerprint density at radius 3 is 2.92 bits per heavy atom. The van der Waals surface area contributed by atoms with Gasteiger partial charge in [-0.1, -0.05) is 0 Å². The molecule has 0 N–H and O–H groups in total. The Balaban J connectivity index is 1.48. The third-order valence-electron chi connectivity index (χ3n) is 5.40. The number of rotatable bonds is 2. The fraction of sp³-hybridized carbons (Fsp3) is 0.389. The summed E-state index contributed by atoms with van der Waals surface area (Å²) in [6.45, 7) is 2.65. The van der Waals surface area contributed by atoms with Gasteiger partial charge in [-0.3, -0.25) is 0 Å². The molecule has 25 heavy (non-hydrogen) atoms. The second-order valence-corrected chi connectivity index (χ2v) is 7.60. The number of fused-ring (bicyclic) bond motifs is 2. The number of hydrogen-bond donors (Lipinski definition) is 0. The second-order valence-electron chi connectivity index (χ2n) is 6.69. The lowest BCUT2D eigenvalue weighted by molar-refractivity contribution is 0.386. The van der Waals surface area contributed by atoms with Gasteiger partial charge in [0, 0.05) is 25.8 Å². The van der Waals surface area contributed by atoms with E-state index in [9.17, 15) is 4.39 Å². The van der Waals surface area contributed by atoms with Crippen molar-refractivity contribution in [1.29, 1.82) is 0 Å². The highest BCUT2D eigenvalue weighted by Gasteiger charge is 2.40. The maximum absolute atomic E-state index is 14.2. The Bertz CT molecular complexity index is 913. The maximum atomic E-state index is 14.2. The molecule has 2 unspecified atom stereocenters. The second kappa shape index (κ2) is 5.91. The van der Waals surface area contributed by atoms with Crippen LogP contribution in [0.1, 0.15) is 12.8 Å². The summed E-state index contributed by atoms with van der Waals surface area (Å²) in [6.07, 6.45) is 5.54. The number of nitrogens with zero attached hydrogens (tertiary/aromatic N) is 5. The number of aromatic nitrogens is 3. The first kappa shape index (κ1) is 15.0. The molecule has 0 amide bonds. The molecule has 0 aliphatic carbocycles. The van der Waals surface area contributed by atoms with Crippen LogP contribution in [0, 0.1) is 11.7 Å². The van der Waals surface area contributed by atoms with Crippen LogP contribution in [0.2, 0.25) is 0 Å². The molecular formula is C18H18FN5S. The summed E-state index contributed by atoms with van der Waals surface area (Å²) in [5, 5.41) is 2.06. The zero-order chi connectivity index (χ0) is 16.8. The van der Waals surface area contributed by atoms with Gasteiger partial charge in [0.25, 0.3) is 0 Å². The van der Waals surface area contributed by atoms with Crippen molar-refractivity contribution in [2.75, 3.05) is 29.4 Å². The zero-order valence-corrected chi connectivity index (χ0v) is 14.5. The van der Waals surface area contributed by atoms with E-state index >= 15 is 0 Å². The largest absolute Gasteiger partial charge is 0.352 e. The quantitative estimate of drug-likeness (QED) is 0.706. The third kappa shape index (κ3) is 2.45. The number of piperidine rings is 1. The van der Waals surface area contributed by atoms with E-state index in [-0.39, 0.29) is 5.82 Å². The average molecular weight is 355 g/mol. The van der Waals surface area contributed by atoms with E-state index in [0.717, 1.165) is 42.1 Å². The van der Waals surface area contributed by atoms with E-state index in [0.29, 0.717) is 17.8 Å². The van der Waals surface area contributed by atoms with Gasteiger partial charge in [-0.05, 0) is 42.3 Å². The van der Waals surface area contributed by atoms with Crippen LogP contribution in [0.5, 0.6) is 0 Å². The Labute approximate surface area is 149 Å². The van der Waals surface area contributed by atoms with Crippen LogP contribution in [0.3, 0.4) is 0 Å². The van der Waals surface area contributed by atoms with Crippen LogP contribution in [-0.2, 0) is 0 Å². The van der Waals surface area contributed by atoms with Crippen molar-refractivity contribution in [3.8, 4) is 0 Å². The van der Waals surface area contributed by atoms with E-state index in [1.807, 2.05) is 6.07 Å². The lowest BCUT2D eigenvalue weighted by atomic mass is 9.92. The summed E-state index contributed by atoms with van der Waals surface area (Å²) in [4.78, 5) is 17.7. The Hall–Kier alpha value is -2.28. The van der Waals surface area contributed by atoms with Gasteiger partial charge in [0.15, 0.2) is 11.6 Å². The van der Waals surface area contributed by atoms with Gasteiger partial charge >= 0.3 is 0 Å². The minimum Gasteiger partial charge on any atom is -0.352 e. The molecule has 0 aromatic carbocycles. The molecule has 0 radical (unpaired) electrons. The van der Waals surface area contributed by atoms with Crippen molar-refractivity contribution in [1.82, 2.24) is 15.0 Å². The van der Waals surface area contributed by atoms with E-state index < -0.39 is 0 Å². The lowest BCUT2D eigenvalue weighted by Gasteiger charge is -2.39. The molecule has 3 aromatic rings. The van der Waals surface area contributed by atoms with Gasteiger partial charge in [0.1, 0.15) is 12.1 Å². The van der Waals surface area contributed by atoms with Crippen molar-refractivity contribution in [2.45, 2.75) is 18.9 Å². The summed E-state index contributed by atoms with van der Waals surface area (Å²) in [5.41, 5.74) is 1.00. The molecule has 5 heterocycles. The molecule has 2 aliphatic heterocycles. The summed E-state index contributed by atoms with van der Waals surface area (Å²) >= 11 is 1.69. The van der Waals surface area contributed by atoms with Crippen molar-refractivity contribution in [3.63, 3.8) is 0 Å². The highest BCUT2D eigenvalue weighted by molar-refractivity contribution is 7.17. The highest BCUT2D eigenvalue weighted by Crippen LogP contribution is 2.39. The van der Waals surface area contributed by atoms with Gasteiger partial charge < -0.3 is 9.80 Å². The molecule has 5 rings (SSSR count). The molecule has 5 nitrogen and oxygen atoms in total. The molecule has 0 spiro atoms. The topological polar surface area (TPSA) is 45.2 Å². The molecule has 128 valence electrons. The SMILES string of the molecule is Fc1cccnc1N1CCC2CCN(c3ncnc4ccsc34)C2C1. The number of halogens is 1. The fourth-order valence-electron chi connectivity index (χ4n) is 4.19. The van der Waals surface area contributed by atoms with E-state index in [4.69, 9.17) is 0 Å². The number of thiophene rings is 1. The zero-order valence-electron chi connectivity index (χ0n) is 13.7. The first-order valence-corrected chi connectivity index (χ1v) is 9.49. The van der Waals surface area contributed by atoms with Crippen molar-refractivity contribution in [3.05, 3.63) is 41.9 Å². The van der Waals surface area contributed by atoms with Crippen LogP contribution < -0.4 is 9.80 Å². The first-order valence-electron chi connectivity index (χ1n) is 8.61. The Morgan fingerprint density at radius 1 is 1.08 bits per heavy atom. The summed E-state index contributed by atoms with van der Waals surface area (Å²) in [7, 11) is 0. The molecule has 0 bridgehead atoms. The molecule has 2 saturated heterocycles. The van der Waals surface area contributed by atoms with Gasteiger partial charge in [0.05, 0.1) is 16.3 Å². The Kier molecular flexibility index (Phi) is 3.55. The molecule has 7 heteroatoms. The molecule has 2 atom stereocenters. The van der Waals surface area contributed by atoms with Gasteiger partial charge in [-0.15, -0.1) is 11.3 Å². The van der Waals surface area contributed by atoms with Crippen molar-refractivity contribution < 1.29 is 4.39 Å². The summed E-state index contributed by atoms with van der Waals surface area (Å²) in [5.74, 6) is 1.88. The third-order valence-corrected chi connectivity index (χ3v) is 6.30. The van der Waals surface area contributed by atoms with Crippen molar-refractivity contribution >= 4 is 33.2 Å². The van der Waals surface area contributed by atoms with Gasteiger partial charge in [0.2, 0.25) is 0 Å². The van der Waals surface area contributed by atoms with E-state index in [1.165, 1.54) is 12.5 Å². The van der Waals surface area contributed by atoms with Crippen LogP contribution in [-0.4, -0.2) is 40.6 Å². The van der Waals surface area contributed by atoms with Gasteiger partial charge in [-0.25, -0.2) is 19.3 Å². The minimum atomic E-state index is -0.242. The van der Waals surface area contributed by atoms with Gasteiger partial charge in [-0.2, -0.15) is 0 Å². The smallest absolute Gasteiger partial charge is 0.165 e. The number of pyridine rings is 1. The molecule has 3 aromatic heterocycles. The minimum absolute atomic E-state index is 0.242. The van der Waals surface area contributed by atoms with Crippen LogP contribution in [0.15, 0.2) is 36.1 Å². The first-order chi connectivity index (χ1) is 12.3. The number of anilines is 2. The fourth-order valence-corrected chi connectivity index (χ4v) is 5.04. The van der Waals surface area contributed by atoms with E-state index in [2.05, 4.69) is 30.1 Å². The molecule has 0 saturated carbocycles. The number of hydrogen-bond acceptors (Lipinski definition) is 6. The molecule has 2 aliphatic rings. The van der Waals surface area contributed by atoms with Crippen LogP contribution in [0.25, 0.3) is 10.2 Å². The van der Waals surface area contributed by atoms with Crippen LogP contribution in [0.4, 0.5) is 16.0 Å². The average Bonchev–Trinajstić information content (AvgIpc) is 3.28. The highest BCUT2D eigenvalue weighted by atomic mass is 32.1. The maximum Gasteiger partial charge on any atom is 0.165 e. The lowest BCUT2D eigenvalue weighted by Crippen LogP contribution is -2.49. The predicted octanol–water partition coefficient (Wildman–Crippen LogP) is 3.33. The van der Waals surface area contributed by atoms with E-state index in [1.54, 1.807) is 29.9 Å².